The molecule has 0 unspecified atom stereocenters. The van der Waals surface area contributed by atoms with Gasteiger partial charge >= 0.3 is 0 Å². The Balaban J connectivity index is 1.84. The zero-order valence-corrected chi connectivity index (χ0v) is 21.4. The Labute approximate surface area is 199 Å². The molecule has 0 spiro atoms. The number of unbranched alkanes of at least 4 members (excludes halogenated alkanes) is 8. The fourth-order valence-corrected chi connectivity index (χ4v) is 4.29. The van der Waals surface area contributed by atoms with Gasteiger partial charge < -0.3 is 14.2 Å². The molecule has 0 aliphatic carbocycles. The van der Waals surface area contributed by atoms with Crippen LogP contribution in [0.15, 0.2) is 30.3 Å². The van der Waals surface area contributed by atoms with Crippen LogP contribution in [-0.4, -0.2) is 31.0 Å². The number of hydrogen-bond donors (Lipinski definition) is 0. The number of ether oxygens (including phenoxy) is 3. The Bertz CT molecular complexity index is 721. The fraction of sp³-hybridized carbons (Fsp3) is 0.600. The third-order valence-electron chi connectivity index (χ3n) is 5.19. The maximum atomic E-state index is 6.02. The lowest BCUT2D eigenvalue weighted by Gasteiger charge is -2.14. The molecule has 0 aliphatic heterocycles. The standard InChI is InChI=1S/C25H36Br2O3/c1-28-25-23-14-13-22(29-18-10-6-2-4-8-16-26)20-21(23)12-15-24(25)30-19-11-7-3-5-9-17-27/h12-15,20H,2-11,16-19H2,1H3. The van der Waals surface area contributed by atoms with Crippen molar-refractivity contribution in [2.75, 3.05) is 31.0 Å². The average molecular weight is 544 g/mol. The molecule has 2 aromatic rings. The molecule has 3 nitrogen and oxygen atoms in total. The van der Waals surface area contributed by atoms with Crippen LogP contribution in [0.2, 0.25) is 0 Å². The first-order valence-corrected chi connectivity index (χ1v) is 13.5. The summed E-state index contributed by atoms with van der Waals surface area (Å²) >= 11 is 6.96. The first kappa shape index (κ1) is 25.3. The van der Waals surface area contributed by atoms with Crippen LogP contribution in [0.25, 0.3) is 10.8 Å². The molecule has 0 saturated carbocycles. The summed E-state index contributed by atoms with van der Waals surface area (Å²) in [7, 11) is 1.71. The van der Waals surface area contributed by atoms with Crippen molar-refractivity contribution in [1.82, 2.24) is 0 Å². The summed E-state index contributed by atoms with van der Waals surface area (Å²) in [6.45, 7) is 1.50. The van der Waals surface area contributed by atoms with E-state index in [2.05, 4.69) is 50.1 Å². The molecule has 0 atom stereocenters. The van der Waals surface area contributed by atoms with Crippen molar-refractivity contribution in [3.63, 3.8) is 0 Å². The lowest BCUT2D eigenvalue weighted by Crippen LogP contribution is -2.00. The first-order chi connectivity index (χ1) is 14.8. The minimum absolute atomic E-state index is 0.729. The Kier molecular flexibility index (Phi) is 13.3. The van der Waals surface area contributed by atoms with E-state index in [0.29, 0.717) is 0 Å². The molecule has 0 heterocycles. The second-order valence-corrected chi connectivity index (χ2v) is 9.18. The average Bonchev–Trinajstić information content (AvgIpc) is 2.77. The highest BCUT2D eigenvalue weighted by atomic mass is 79.9. The number of methoxy groups -OCH3 is 1. The SMILES string of the molecule is COc1c(OCCCCCCCBr)ccc2cc(OCCCCCCCBr)ccc12. The largest absolute Gasteiger partial charge is 0.494 e. The van der Waals surface area contributed by atoms with Gasteiger partial charge in [0.25, 0.3) is 0 Å². The van der Waals surface area contributed by atoms with Gasteiger partial charge in [-0.2, -0.15) is 0 Å². The molecule has 2 rings (SSSR count). The van der Waals surface area contributed by atoms with Crippen LogP contribution in [-0.2, 0) is 0 Å². The minimum atomic E-state index is 0.729. The van der Waals surface area contributed by atoms with E-state index in [1.165, 1.54) is 51.4 Å². The summed E-state index contributed by atoms with van der Waals surface area (Å²) in [5.74, 6) is 2.55. The van der Waals surface area contributed by atoms with E-state index in [4.69, 9.17) is 14.2 Å². The number of alkyl halides is 2. The minimum Gasteiger partial charge on any atom is -0.494 e. The predicted molar refractivity (Wildman–Crippen MR) is 135 cm³/mol. The molecular weight excluding hydrogens is 508 g/mol. The molecule has 0 bridgehead atoms. The lowest BCUT2D eigenvalue weighted by atomic mass is 10.1. The summed E-state index contributed by atoms with van der Waals surface area (Å²) < 4.78 is 17.7. The zero-order chi connectivity index (χ0) is 21.4. The summed E-state index contributed by atoms with van der Waals surface area (Å²) in [5.41, 5.74) is 0. The van der Waals surface area contributed by atoms with Gasteiger partial charge in [-0.15, -0.1) is 0 Å². The molecule has 0 amide bonds. The van der Waals surface area contributed by atoms with Crippen LogP contribution in [0.3, 0.4) is 0 Å². The molecule has 2 aromatic carbocycles. The van der Waals surface area contributed by atoms with Gasteiger partial charge in [0.2, 0.25) is 0 Å². The Hall–Kier alpha value is -0.940. The highest BCUT2D eigenvalue weighted by molar-refractivity contribution is 9.09. The van der Waals surface area contributed by atoms with Gasteiger partial charge in [0.05, 0.1) is 20.3 Å². The van der Waals surface area contributed by atoms with Crippen LogP contribution in [0.4, 0.5) is 0 Å². The van der Waals surface area contributed by atoms with Crippen molar-refractivity contribution in [3.05, 3.63) is 30.3 Å². The van der Waals surface area contributed by atoms with Crippen molar-refractivity contribution in [1.29, 1.82) is 0 Å². The van der Waals surface area contributed by atoms with E-state index in [-0.39, 0.29) is 0 Å². The Morgan fingerprint density at radius 2 is 1.27 bits per heavy atom. The summed E-state index contributed by atoms with van der Waals surface area (Å²) in [5, 5.41) is 4.38. The van der Waals surface area contributed by atoms with Crippen LogP contribution < -0.4 is 14.2 Å². The molecule has 0 aliphatic rings. The monoisotopic (exact) mass is 542 g/mol. The van der Waals surface area contributed by atoms with E-state index >= 15 is 0 Å². The Morgan fingerprint density at radius 1 is 0.667 bits per heavy atom. The van der Waals surface area contributed by atoms with E-state index < -0.39 is 0 Å². The quantitative estimate of drug-likeness (QED) is 0.148. The van der Waals surface area contributed by atoms with Gasteiger partial charge in [0, 0.05) is 16.0 Å². The summed E-state index contributed by atoms with van der Waals surface area (Å²) in [4.78, 5) is 0. The lowest BCUT2D eigenvalue weighted by molar-refractivity contribution is 0.286. The smallest absolute Gasteiger partial charge is 0.168 e. The second-order valence-electron chi connectivity index (χ2n) is 7.59. The van der Waals surface area contributed by atoms with Crippen LogP contribution in [0, 0.1) is 0 Å². The van der Waals surface area contributed by atoms with Gasteiger partial charge in [-0.05, 0) is 55.3 Å². The van der Waals surface area contributed by atoms with Crippen LogP contribution >= 0.6 is 31.9 Å². The van der Waals surface area contributed by atoms with Gasteiger partial charge in [-0.25, -0.2) is 0 Å². The van der Waals surface area contributed by atoms with Crippen molar-refractivity contribution in [2.24, 2.45) is 0 Å². The number of hydrogen-bond acceptors (Lipinski definition) is 3. The van der Waals surface area contributed by atoms with E-state index in [9.17, 15) is 0 Å². The molecule has 0 aromatic heterocycles. The van der Waals surface area contributed by atoms with Crippen LogP contribution in [0.1, 0.15) is 64.2 Å². The molecule has 30 heavy (non-hydrogen) atoms. The normalized spacial score (nSPS) is 11.0. The Morgan fingerprint density at radius 3 is 1.90 bits per heavy atom. The van der Waals surface area contributed by atoms with Crippen molar-refractivity contribution in [3.8, 4) is 17.2 Å². The van der Waals surface area contributed by atoms with E-state index in [1.54, 1.807) is 7.11 Å². The van der Waals surface area contributed by atoms with E-state index in [1.807, 2.05) is 12.1 Å². The molecule has 0 saturated heterocycles. The van der Waals surface area contributed by atoms with Gasteiger partial charge in [-0.3, -0.25) is 0 Å². The number of fused-ring (bicyclic) bond motifs is 1. The topological polar surface area (TPSA) is 27.7 Å². The predicted octanol–water partition coefficient (Wildman–Crippen LogP) is 8.30. The molecular formula is C25H36Br2O3. The van der Waals surface area contributed by atoms with Crippen molar-refractivity contribution in [2.45, 2.75) is 64.2 Å². The fourth-order valence-electron chi connectivity index (χ4n) is 3.50. The van der Waals surface area contributed by atoms with Crippen LogP contribution in [0.5, 0.6) is 17.2 Å². The van der Waals surface area contributed by atoms with Crippen molar-refractivity contribution < 1.29 is 14.2 Å². The highest BCUT2D eigenvalue weighted by Crippen LogP contribution is 2.37. The maximum absolute atomic E-state index is 6.02. The molecule has 0 N–H and O–H groups in total. The van der Waals surface area contributed by atoms with Gasteiger partial charge in [0.15, 0.2) is 11.5 Å². The zero-order valence-electron chi connectivity index (χ0n) is 18.3. The van der Waals surface area contributed by atoms with E-state index in [0.717, 1.165) is 64.7 Å². The van der Waals surface area contributed by atoms with Gasteiger partial charge in [-0.1, -0.05) is 76.5 Å². The summed E-state index contributed by atoms with van der Waals surface area (Å²) in [6.07, 6.45) is 12.3. The third kappa shape index (κ3) is 9.05. The summed E-state index contributed by atoms with van der Waals surface area (Å²) in [6, 6.07) is 10.3. The number of benzene rings is 2. The highest BCUT2D eigenvalue weighted by Gasteiger charge is 2.10. The first-order valence-electron chi connectivity index (χ1n) is 11.3. The third-order valence-corrected chi connectivity index (χ3v) is 6.31. The second kappa shape index (κ2) is 15.8. The molecule has 0 fully saturated rings. The number of rotatable bonds is 17. The maximum Gasteiger partial charge on any atom is 0.168 e. The van der Waals surface area contributed by atoms with Crippen molar-refractivity contribution >= 4 is 42.6 Å². The molecule has 168 valence electrons. The van der Waals surface area contributed by atoms with Gasteiger partial charge in [0.1, 0.15) is 5.75 Å². The molecule has 0 radical (unpaired) electrons. The number of halogens is 2. The molecule has 5 heteroatoms.